The molecule has 0 radical (unpaired) electrons. The van der Waals surface area contributed by atoms with E-state index in [1.165, 1.54) is 41.8 Å². The minimum absolute atomic E-state index is 0.0478. The van der Waals surface area contributed by atoms with E-state index in [1.807, 2.05) is 0 Å². The second-order valence-corrected chi connectivity index (χ2v) is 10.5. The fourth-order valence-corrected chi connectivity index (χ4v) is 6.19. The smallest absolute Gasteiger partial charge is 0.243 e. The molecule has 1 atom stereocenters. The molecule has 1 aliphatic rings. The second-order valence-electron chi connectivity index (χ2n) is 6.24. The molecule has 0 unspecified atom stereocenters. The molecule has 0 bridgehead atoms. The van der Waals surface area contributed by atoms with Crippen LogP contribution in [0.5, 0.6) is 0 Å². The highest BCUT2D eigenvalue weighted by Crippen LogP contribution is 2.26. The molecule has 1 saturated heterocycles. The fourth-order valence-electron chi connectivity index (χ4n) is 2.93. The van der Waals surface area contributed by atoms with Crippen molar-refractivity contribution in [1.29, 1.82) is 0 Å². The van der Waals surface area contributed by atoms with Crippen molar-refractivity contribution in [2.75, 3.05) is 13.1 Å². The van der Waals surface area contributed by atoms with Gasteiger partial charge in [-0.2, -0.15) is 4.31 Å². The van der Waals surface area contributed by atoms with E-state index in [9.17, 15) is 21.6 Å². The third kappa shape index (κ3) is 3.74. The lowest BCUT2D eigenvalue weighted by molar-refractivity contribution is 0.101. The number of hydrogen-bond donors (Lipinski definition) is 0. The van der Waals surface area contributed by atoms with Crippen LogP contribution in [-0.4, -0.2) is 45.3 Å². The van der Waals surface area contributed by atoms with Gasteiger partial charge in [-0.05, 0) is 37.6 Å². The van der Waals surface area contributed by atoms with E-state index in [0.29, 0.717) is 11.3 Å². The number of rotatable bonds is 6. The predicted octanol–water partition coefficient (Wildman–Crippen LogP) is 1.86. The average molecular weight is 397 g/mol. The summed E-state index contributed by atoms with van der Waals surface area (Å²) in [4.78, 5) is 11.4. The van der Waals surface area contributed by atoms with Gasteiger partial charge in [0.25, 0.3) is 0 Å². The number of furan rings is 1. The molecule has 3 rings (SSSR count). The molecule has 1 aliphatic heterocycles. The molecule has 7 nitrogen and oxygen atoms in total. The molecule has 0 saturated carbocycles. The van der Waals surface area contributed by atoms with E-state index in [0.717, 1.165) is 0 Å². The SMILES string of the molecule is CC(=O)c1ccc(S(=O)(=O)N2CC[C@H](S(=O)(=O)Cc3ccco3)C2)cc1. The summed E-state index contributed by atoms with van der Waals surface area (Å²) in [7, 11) is -7.32. The van der Waals surface area contributed by atoms with Crippen molar-refractivity contribution in [3.05, 3.63) is 54.0 Å². The van der Waals surface area contributed by atoms with Crippen LogP contribution in [0.4, 0.5) is 0 Å². The Morgan fingerprint density at radius 3 is 2.42 bits per heavy atom. The zero-order valence-corrected chi connectivity index (χ0v) is 15.8. The highest BCUT2D eigenvalue weighted by Gasteiger charge is 2.39. The maximum Gasteiger partial charge on any atom is 0.243 e. The normalized spacial score (nSPS) is 18.9. The summed E-state index contributed by atoms with van der Waals surface area (Å²) in [5, 5.41) is -0.765. The summed E-state index contributed by atoms with van der Waals surface area (Å²) in [5.41, 5.74) is 0.421. The van der Waals surface area contributed by atoms with E-state index in [-0.39, 0.29) is 35.9 Å². The Balaban J connectivity index is 1.75. The summed E-state index contributed by atoms with van der Waals surface area (Å²) >= 11 is 0. The molecule has 0 spiro atoms. The van der Waals surface area contributed by atoms with E-state index in [4.69, 9.17) is 4.42 Å². The van der Waals surface area contributed by atoms with Gasteiger partial charge in [-0.25, -0.2) is 16.8 Å². The highest BCUT2D eigenvalue weighted by molar-refractivity contribution is 7.91. The Kier molecular flexibility index (Phi) is 5.05. The number of nitrogens with zero attached hydrogens (tertiary/aromatic N) is 1. The van der Waals surface area contributed by atoms with Crippen LogP contribution in [-0.2, 0) is 25.6 Å². The molecule has 2 aromatic rings. The number of carbonyl (C=O) groups excluding carboxylic acids is 1. The fraction of sp³-hybridized carbons (Fsp3) is 0.353. The summed E-state index contributed by atoms with van der Waals surface area (Å²) in [6, 6.07) is 8.85. The van der Waals surface area contributed by atoms with E-state index in [2.05, 4.69) is 0 Å². The summed E-state index contributed by atoms with van der Waals surface area (Å²) in [6.07, 6.45) is 1.65. The average Bonchev–Trinajstić information content (AvgIpc) is 3.26. The summed E-state index contributed by atoms with van der Waals surface area (Å²) in [5.74, 6) is -0.0587. The first-order chi connectivity index (χ1) is 12.2. The third-order valence-corrected chi connectivity index (χ3v) is 8.40. The zero-order chi connectivity index (χ0) is 18.9. The molecule has 1 fully saturated rings. The van der Waals surface area contributed by atoms with E-state index >= 15 is 0 Å². The number of benzene rings is 1. The Labute approximate surface area is 152 Å². The predicted molar refractivity (Wildman–Crippen MR) is 94.9 cm³/mol. The number of sulfone groups is 1. The summed E-state index contributed by atoms with van der Waals surface area (Å²) < 4.78 is 56.8. The second kappa shape index (κ2) is 6.98. The van der Waals surface area contributed by atoms with Gasteiger partial charge < -0.3 is 4.42 Å². The van der Waals surface area contributed by atoms with Crippen molar-refractivity contribution < 1.29 is 26.0 Å². The van der Waals surface area contributed by atoms with Crippen molar-refractivity contribution in [1.82, 2.24) is 4.31 Å². The lowest BCUT2D eigenvalue weighted by Gasteiger charge is -2.17. The van der Waals surface area contributed by atoms with Gasteiger partial charge in [0.05, 0.1) is 16.4 Å². The van der Waals surface area contributed by atoms with Gasteiger partial charge in [0.2, 0.25) is 10.0 Å². The molecule has 140 valence electrons. The molecule has 0 aliphatic carbocycles. The van der Waals surface area contributed by atoms with Crippen molar-refractivity contribution in [3.63, 3.8) is 0 Å². The molecular weight excluding hydrogens is 378 g/mol. The van der Waals surface area contributed by atoms with Gasteiger partial charge in [-0.3, -0.25) is 4.79 Å². The zero-order valence-electron chi connectivity index (χ0n) is 14.2. The monoisotopic (exact) mass is 397 g/mol. The van der Waals surface area contributed by atoms with Crippen LogP contribution in [0.25, 0.3) is 0 Å². The molecule has 2 heterocycles. The first-order valence-electron chi connectivity index (χ1n) is 8.05. The Hall–Kier alpha value is -1.97. The largest absolute Gasteiger partial charge is 0.468 e. The van der Waals surface area contributed by atoms with Crippen LogP contribution in [0.1, 0.15) is 29.5 Å². The molecule has 1 aromatic carbocycles. The van der Waals surface area contributed by atoms with Crippen molar-refractivity contribution >= 4 is 25.6 Å². The summed E-state index contributed by atoms with van der Waals surface area (Å²) in [6.45, 7) is 1.46. The Morgan fingerprint density at radius 1 is 1.15 bits per heavy atom. The number of sulfonamides is 1. The van der Waals surface area contributed by atoms with Crippen LogP contribution >= 0.6 is 0 Å². The molecule has 0 amide bonds. The van der Waals surface area contributed by atoms with Gasteiger partial charge in [0.1, 0.15) is 11.5 Å². The van der Waals surface area contributed by atoms with E-state index in [1.54, 1.807) is 12.1 Å². The number of ketones is 1. The molecule has 26 heavy (non-hydrogen) atoms. The molecule has 1 aromatic heterocycles. The molecule has 9 heteroatoms. The van der Waals surface area contributed by atoms with Gasteiger partial charge >= 0.3 is 0 Å². The van der Waals surface area contributed by atoms with Crippen LogP contribution in [0, 0.1) is 0 Å². The van der Waals surface area contributed by atoms with Crippen LogP contribution < -0.4 is 0 Å². The number of hydrogen-bond acceptors (Lipinski definition) is 6. The maximum atomic E-state index is 12.7. The number of carbonyl (C=O) groups is 1. The Morgan fingerprint density at radius 2 is 1.85 bits per heavy atom. The maximum absolute atomic E-state index is 12.7. The minimum Gasteiger partial charge on any atom is -0.468 e. The molecular formula is C17H19NO6S2. The number of Topliss-reactive ketones (excluding diaryl/α,β-unsaturated/α-hetero) is 1. The van der Waals surface area contributed by atoms with Crippen molar-refractivity contribution in [2.24, 2.45) is 0 Å². The highest BCUT2D eigenvalue weighted by atomic mass is 32.2. The lowest BCUT2D eigenvalue weighted by Crippen LogP contribution is -2.32. The van der Waals surface area contributed by atoms with Gasteiger partial charge in [-0.15, -0.1) is 0 Å². The van der Waals surface area contributed by atoms with Crippen LogP contribution in [0.2, 0.25) is 0 Å². The third-order valence-electron chi connectivity index (χ3n) is 4.44. The van der Waals surface area contributed by atoms with Crippen molar-refractivity contribution in [2.45, 2.75) is 29.2 Å². The topological polar surface area (TPSA) is 102 Å². The van der Waals surface area contributed by atoms with Crippen molar-refractivity contribution in [3.8, 4) is 0 Å². The molecule has 0 N–H and O–H groups in total. The first kappa shape index (κ1) is 18.8. The first-order valence-corrected chi connectivity index (χ1v) is 11.2. The lowest BCUT2D eigenvalue weighted by atomic mass is 10.2. The standard InChI is InChI=1S/C17H19NO6S2/c1-13(19)14-4-6-16(7-5-14)26(22,23)18-9-8-17(11-18)25(20,21)12-15-3-2-10-24-15/h2-7,10,17H,8-9,11-12H2,1H3/t17-/m0/s1. The van der Waals surface area contributed by atoms with Gasteiger partial charge in [-0.1, -0.05) is 12.1 Å². The van der Waals surface area contributed by atoms with Crippen LogP contribution in [0.15, 0.2) is 52.0 Å². The quantitative estimate of drug-likeness (QED) is 0.690. The van der Waals surface area contributed by atoms with Gasteiger partial charge in [0, 0.05) is 18.7 Å². The van der Waals surface area contributed by atoms with E-state index < -0.39 is 25.1 Å². The van der Waals surface area contributed by atoms with Gasteiger partial charge in [0.15, 0.2) is 15.6 Å². The Bertz CT molecular complexity index is 992. The minimum atomic E-state index is -3.80. The van der Waals surface area contributed by atoms with Crippen LogP contribution in [0.3, 0.4) is 0 Å².